The molecule has 2 aliphatic heterocycles. The van der Waals surface area contributed by atoms with Crippen molar-refractivity contribution in [2.45, 2.75) is 102 Å². The quantitative estimate of drug-likeness (QED) is 0.824. The van der Waals surface area contributed by atoms with Crippen LogP contribution in [0.5, 0.6) is 0 Å². The second kappa shape index (κ2) is 6.25. The summed E-state index contributed by atoms with van der Waals surface area (Å²) >= 11 is 0. The van der Waals surface area contributed by atoms with E-state index in [1.807, 2.05) is 36.5 Å². The molecule has 6 heteroatoms. The van der Waals surface area contributed by atoms with Crippen LogP contribution < -0.4 is 0 Å². The van der Waals surface area contributed by atoms with E-state index >= 15 is 0 Å². The van der Waals surface area contributed by atoms with E-state index < -0.39 is 11.2 Å². The Bertz CT molecular complexity index is 655. The number of piperidine rings is 2. The molecule has 146 valence electrons. The van der Waals surface area contributed by atoms with E-state index in [4.69, 9.17) is 4.74 Å². The second-order valence-corrected chi connectivity index (χ2v) is 9.91. The van der Waals surface area contributed by atoms with Gasteiger partial charge in [0.15, 0.2) is 0 Å². The summed E-state index contributed by atoms with van der Waals surface area (Å²) in [6, 6.07) is 0.0284. The highest BCUT2D eigenvalue weighted by Crippen LogP contribution is 2.44. The van der Waals surface area contributed by atoms with Gasteiger partial charge >= 0.3 is 6.09 Å². The van der Waals surface area contributed by atoms with Crippen LogP contribution in [0.4, 0.5) is 4.79 Å². The van der Waals surface area contributed by atoms with Gasteiger partial charge in [-0.15, -0.1) is 0 Å². The van der Waals surface area contributed by atoms with E-state index in [0.717, 1.165) is 24.8 Å². The van der Waals surface area contributed by atoms with Crippen LogP contribution in [0.25, 0.3) is 0 Å². The van der Waals surface area contributed by atoms with Crippen molar-refractivity contribution in [2.75, 3.05) is 0 Å². The molecule has 2 atom stereocenters. The Morgan fingerprint density at radius 2 is 1.77 bits per heavy atom. The number of amides is 1. The fourth-order valence-corrected chi connectivity index (χ4v) is 4.21. The van der Waals surface area contributed by atoms with Crippen LogP contribution in [0.15, 0.2) is 12.4 Å². The van der Waals surface area contributed by atoms with Crippen LogP contribution in [-0.4, -0.2) is 43.6 Å². The predicted octanol–water partition coefficient (Wildman–Crippen LogP) is 3.78. The molecule has 1 N–H and O–H groups in total. The second-order valence-electron chi connectivity index (χ2n) is 9.91. The average Bonchev–Trinajstić information content (AvgIpc) is 2.94. The van der Waals surface area contributed by atoms with Crippen molar-refractivity contribution in [3.8, 4) is 0 Å². The van der Waals surface area contributed by atoms with Gasteiger partial charge in [0.25, 0.3) is 0 Å². The highest BCUT2D eigenvalue weighted by molar-refractivity contribution is 5.69. The van der Waals surface area contributed by atoms with Gasteiger partial charge in [0.2, 0.25) is 0 Å². The Balaban J connectivity index is 1.83. The number of fused-ring (bicyclic) bond motifs is 2. The van der Waals surface area contributed by atoms with E-state index in [9.17, 15) is 9.90 Å². The monoisotopic (exact) mass is 363 g/mol. The minimum Gasteiger partial charge on any atom is -0.444 e. The van der Waals surface area contributed by atoms with Crippen molar-refractivity contribution in [3.05, 3.63) is 18.0 Å². The van der Waals surface area contributed by atoms with E-state index in [2.05, 4.69) is 25.9 Å². The number of aromatic nitrogens is 2. The lowest BCUT2D eigenvalue weighted by molar-refractivity contribution is -0.0965. The van der Waals surface area contributed by atoms with Crippen LogP contribution in [0.1, 0.15) is 79.2 Å². The third-order valence-electron chi connectivity index (χ3n) is 5.42. The number of ether oxygens (including phenoxy) is 1. The van der Waals surface area contributed by atoms with Crippen LogP contribution in [0.2, 0.25) is 0 Å². The first-order valence-electron chi connectivity index (χ1n) is 9.68. The number of carbonyl (C=O) groups is 1. The number of rotatable bonds is 1. The third kappa shape index (κ3) is 3.75. The lowest BCUT2D eigenvalue weighted by Gasteiger charge is -2.51. The third-order valence-corrected chi connectivity index (χ3v) is 5.42. The zero-order valence-corrected chi connectivity index (χ0v) is 17.0. The van der Waals surface area contributed by atoms with Crippen LogP contribution in [0, 0.1) is 0 Å². The lowest BCUT2D eigenvalue weighted by atomic mass is 9.73. The van der Waals surface area contributed by atoms with Gasteiger partial charge in [-0.3, -0.25) is 4.68 Å². The minimum absolute atomic E-state index is 0.0142. The summed E-state index contributed by atoms with van der Waals surface area (Å²) in [6.07, 6.45) is 7.47. The van der Waals surface area contributed by atoms with Gasteiger partial charge < -0.3 is 14.7 Å². The molecular weight excluding hydrogens is 330 g/mol. The molecule has 6 nitrogen and oxygen atoms in total. The Hall–Kier alpha value is -1.56. The minimum atomic E-state index is -0.933. The first kappa shape index (κ1) is 19.2. The lowest BCUT2D eigenvalue weighted by Crippen LogP contribution is -2.59. The fraction of sp³-hybridized carbons (Fsp3) is 0.800. The number of aliphatic hydroxyl groups is 1. The highest BCUT2D eigenvalue weighted by Gasteiger charge is 2.49. The molecule has 0 radical (unpaired) electrons. The Morgan fingerprint density at radius 1 is 1.19 bits per heavy atom. The zero-order valence-electron chi connectivity index (χ0n) is 17.0. The molecule has 0 aromatic carbocycles. The SMILES string of the molecule is CC(C)(C)OC(=O)N1C2CCCC1CC(O)(c1cnn(C(C)(C)C)c1)C2. The molecule has 1 aromatic heterocycles. The van der Waals surface area contributed by atoms with E-state index in [-0.39, 0.29) is 23.7 Å². The smallest absolute Gasteiger partial charge is 0.410 e. The molecule has 0 saturated carbocycles. The van der Waals surface area contributed by atoms with Gasteiger partial charge in [0.05, 0.1) is 17.3 Å². The van der Waals surface area contributed by atoms with Gasteiger partial charge in [-0.1, -0.05) is 0 Å². The molecule has 2 fully saturated rings. The summed E-state index contributed by atoms with van der Waals surface area (Å²) in [5.74, 6) is 0. The maximum Gasteiger partial charge on any atom is 0.410 e. The normalized spacial score (nSPS) is 29.6. The number of hydrogen-bond acceptors (Lipinski definition) is 4. The highest BCUT2D eigenvalue weighted by atomic mass is 16.6. The van der Waals surface area contributed by atoms with Crippen molar-refractivity contribution in [2.24, 2.45) is 0 Å². The van der Waals surface area contributed by atoms with Gasteiger partial charge in [-0.2, -0.15) is 5.10 Å². The first-order chi connectivity index (χ1) is 11.9. The van der Waals surface area contributed by atoms with Crippen molar-refractivity contribution in [3.63, 3.8) is 0 Å². The Labute approximate surface area is 156 Å². The molecule has 26 heavy (non-hydrogen) atoms. The summed E-state index contributed by atoms with van der Waals surface area (Å²) in [7, 11) is 0. The summed E-state index contributed by atoms with van der Waals surface area (Å²) in [4.78, 5) is 14.6. The topological polar surface area (TPSA) is 67.6 Å². The fourth-order valence-electron chi connectivity index (χ4n) is 4.21. The molecule has 0 spiro atoms. The van der Waals surface area contributed by atoms with Crippen molar-refractivity contribution < 1.29 is 14.6 Å². The molecule has 2 unspecified atom stereocenters. The summed E-state index contributed by atoms with van der Waals surface area (Å²) < 4.78 is 7.52. The summed E-state index contributed by atoms with van der Waals surface area (Å²) in [5.41, 5.74) is -0.708. The first-order valence-corrected chi connectivity index (χ1v) is 9.68. The van der Waals surface area contributed by atoms with Crippen LogP contribution >= 0.6 is 0 Å². The molecule has 2 saturated heterocycles. The van der Waals surface area contributed by atoms with Crippen molar-refractivity contribution >= 4 is 6.09 Å². The van der Waals surface area contributed by atoms with Gasteiger partial charge in [0.1, 0.15) is 5.60 Å². The molecule has 2 aliphatic rings. The van der Waals surface area contributed by atoms with E-state index in [1.54, 1.807) is 6.20 Å². The maximum absolute atomic E-state index is 12.7. The maximum atomic E-state index is 12.7. The van der Waals surface area contributed by atoms with Crippen LogP contribution in [-0.2, 0) is 15.9 Å². The van der Waals surface area contributed by atoms with E-state index in [0.29, 0.717) is 12.8 Å². The summed E-state index contributed by atoms with van der Waals surface area (Å²) in [6.45, 7) is 11.9. The molecule has 1 amide bonds. The predicted molar refractivity (Wildman–Crippen MR) is 99.9 cm³/mol. The molecular formula is C20H33N3O3. The Morgan fingerprint density at radius 3 is 2.23 bits per heavy atom. The number of hydrogen-bond donors (Lipinski definition) is 1. The molecule has 0 aliphatic carbocycles. The van der Waals surface area contributed by atoms with Crippen molar-refractivity contribution in [1.82, 2.24) is 14.7 Å². The zero-order chi connectivity index (χ0) is 19.3. The van der Waals surface area contributed by atoms with Gasteiger partial charge in [-0.05, 0) is 60.8 Å². The van der Waals surface area contributed by atoms with E-state index in [1.165, 1.54) is 0 Å². The Kier molecular flexibility index (Phi) is 4.62. The molecule has 1 aromatic rings. The van der Waals surface area contributed by atoms with Crippen molar-refractivity contribution in [1.29, 1.82) is 0 Å². The van der Waals surface area contributed by atoms with Gasteiger partial charge in [-0.25, -0.2) is 4.79 Å². The van der Waals surface area contributed by atoms with Gasteiger partial charge in [0, 0.05) is 36.7 Å². The molecule has 2 bridgehead atoms. The molecule has 3 heterocycles. The number of carbonyl (C=O) groups excluding carboxylic acids is 1. The average molecular weight is 364 g/mol. The largest absolute Gasteiger partial charge is 0.444 e. The van der Waals surface area contributed by atoms with Crippen LogP contribution in [0.3, 0.4) is 0 Å². The summed E-state index contributed by atoms with van der Waals surface area (Å²) in [5, 5.41) is 15.9. The molecule has 3 rings (SSSR count). The standard InChI is InChI=1S/C20H33N3O3/c1-18(2,3)22-13-14(12-21-22)20(25)10-15-8-7-9-16(11-20)23(15)17(24)26-19(4,5)6/h12-13,15-16,25H,7-11H2,1-6H3. The number of nitrogens with zero attached hydrogens (tertiary/aromatic N) is 3.